The van der Waals surface area contributed by atoms with Crippen molar-refractivity contribution in [2.75, 3.05) is 20.3 Å². The first-order chi connectivity index (χ1) is 21.0. The third-order valence-electron chi connectivity index (χ3n) is 6.15. The van der Waals surface area contributed by atoms with Crippen LogP contribution in [-0.4, -0.2) is 51.5 Å². The van der Waals surface area contributed by atoms with Crippen molar-refractivity contribution in [3.05, 3.63) is 79.9 Å². The highest BCUT2D eigenvalue weighted by Gasteiger charge is 2.36. The minimum atomic E-state index is -4.24. The standard InChI is InChI=1S/C30H28ClIN2O9S/c1-4-12-42-24-11-6-18(15-25(24)40-3)17-34-29(36)22(28(35)33-30(34)37)13-19-14-23(32)27(26(16-19)41-5-2)43-44(38,39)21-9-7-20(31)8-10-21/h6-11,13-16H,4-5,12,17H2,1-3H3,(H,33,35,37)/b22-13+. The number of methoxy groups -OCH3 is 1. The van der Waals surface area contributed by atoms with E-state index in [1.165, 1.54) is 49.6 Å². The van der Waals surface area contributed by atoms with E-state index < -0.39 is 28.0 Å². The Balaban J connectivity index is 1.64. The molecule has 1 aliphatic rings. The van der Waals surface area contributed by atoms with Crippen LogP contribution in [0.5, 0.6) is 23.0 Å². The lowest BCUT2D eigenvalue weighted by atomic mass is 10.1. The van der Waals surface area contributed by atoms with Gasteiger partial charge in [0.15, 0.2) is 23.0 Å². The minimum Gasteiger partial charge on any atom is -0.493 e. The maximum atomic E-state index is 13.4. The molecule has 14 heteroatoms. The smallest absolute Gasteiger partial charge is 0.339 e. The van der Waals surface area contributed by atoms with Crippen LogP contribution in [0.15, 0.2) is 65.1 Å². The molecule has 0 spiro atoms. The molecule has 1 fully saturated rings. The second-order valence-corrected chi connectivity index (χ2v) is 12.4. The molecule has 4 rings (SSSR count). The fraction of sp³-hybridized carbons (Fsp3) is 0.233. The second kappa shape index (κ2) is 14.3. The van der Waals surface area contributed by atoms with E-state index in [-0.39, 0.29) is 35.1 Å². The summed E-state index contributed by atoms with van der Waals surface area (Å²) in [5, 5.41) is 2.56. The third kappa shape index (κ3) is 7.63. The van der Waals surface area contributed by atoms with Gasteiger partial charge < -0.3 is 18.4 Å². The molecule has 3 aromatic rings. The highest BCUT2D eigenvalue weighted by atomic mass is 127. The fourth-order valence-corrected chi connectivity index (χ4v) is 6.07. The molecular formula is C30H28ClIN2O9S. The Hall–Kier alpha value is -3.82. The first kappa shape index (κ1) is 33.1. The molecule has 1 N–H and O–H groups in total. The molecule has 44 heavy (non-hydrogen) atoms. The summed E-state index contributed by atoms with van der Waals surface area (Å²) in [6.07, 6.45) is 2.10. The van der Waals surface area contributed by atoms with Gasteiger partial charge in [-0.15, -0.1) is 0 Å². The summed E-state index contributed by atoms with van der Waals surface area (Å²) in [5.74, 6) is -0.736. The average Bonchev–Trinajstić information content (AvgIpc) is 2.98. The Morgan fingerprint density at radius 2 is 1.68 bits per heavy atom. The topological polar surface area (TPSA) is 138 Å². The van der Waals surface area contributed by atoms with Gasteiger partial charge in [0.2, 0.25) is 0 Å². The number of carbonyl (C=O) groups is 3. The Morgan fingerprint density at radius 3 is 2.34 bits per heavy atom. The van der Waals surface area contributed by atoms with E-state index in [0.29, 0.717) is 37.8 Å². The van der Waals surface area contributed by atoms with Crippen molar-refractivity contribution in [1.82, 2.24) is 10.2 Å². The minimum absolute atomic E-state index is 0.0675. The zero-order valence-electron chi connectivity index (χ0n) is 23.9. The summed E-state index contributed by atoms with van der Waals surface area (Å²) in [6, 6.07) is 12.6. The number of amides is 4. The third-order valence-corrected chi connectivity index (χ3v) is 8.44. The van der Waals surface area contributed by atoms with Crippen molar-refractivity contribution in [3.63, 3.8) is 0 Å². The molecule has 4 amide bonds. The van der Waals surface area contributed by atoms with Crippen LogP contribution in [0, 0.1) is 3.57 Å². The summed E-state index contributed by atoms with van der Waals surface area (Å²) in [7, 11) is -2.76. The van der Waals surface area contributed by atoms with Crippen LogP contribution in [0.3, 0.4) is 0 Å². The van der Waals surface area contributed by atoms with Gasteiger partial charge in [-0.05, 0) is 102 Å². The maximum Gasteiger partial charge on any atom is 0.339 e. The molecule has 1 saturated heterocycles. The molecule has 0 unspecified atom stereocenters. The van der Waals surface area contributed by atoms with E-state index in [1.54, 1.807) is 25.1 Å². The van der Waals surface area contributed by atoms with Gasteiger partial charge >= 0.3 is 16.1 Å². The molecule has 3 aromatic carbocycles. The van der Waals surface area contributed by atoms with Crippen LogP contribution >= 0.6 is 34.2 Å². The second-order valence-electron chi connectivity index (χ2n) is 9.30. The number of halogens is 2. The first-order valence-electron chi connectivity index (χ1n) is 13.3. The van der Waals surface area contributed by atoms with Gasteiger partial charge in [-0.3, -0.25) is 19.8 Å². The van der Waals surface area contributed by atoms with E-state index in [4.69, 9.17) is 30.0 Å². The number of nitrogens with one attached hydrogen (secondary N) is 1. The number of benzene rings is 3. The Labute approximate surface area is 273 Å². The number of hydrogen-bond donors (Lipinski definition) is 1. The van der Waals surface area contributed by atoms with Crippen LogP contribution in [0.4, 0.5) is 4.79 Å². The van der Waals surface area contributed by atoms with E-state index in [1.807, 2.05) is 29.5 Å². The monoisotopic (exact) mass is 754 g/mol. The summed E-state index contributed by atoms with van der Waals surface area (Å²) >= 11 is 7.74. The molecule has 0 bridgehead atoms. The summed E-state index contributed by atoms with van der Waals surface area (Å²) in [4.78, 5) is 39.7. The van der Waals surface area contributed by atoms with E-state index in [0.717, 1.165) is 11.3 Å². The van der Waals surface area contributed by atoms with Gasteiger partial charge in [0.1, 0.15) is 10.5 Å². The number of nitrogens with zero attached hydrogens (tertiary/aromatic N) is 1. The molecule has 1 aliphatic heterocycles. The summed E-state index contributed by atoms with van der Waals surface area (Å²) in [5.41, 5.74) is 0.598. The zero-order chi connectivity index (χ0) is 32.0. The van der Waals surface area contributed by atoms with Gasteiger partial charge in [-0.1, -0.05) is 24.6 Å². The molecular weight excluding hydrogens is 727 g/mol. The number of urea groups is 1. The van der Waals surface area contributed by atoms with Crippen molar-refractivity contribution < 1.29 is 41.2 Å². The van der Waals surface area contributed by atoms with Crippen molar-refractivity contribution >= 4 is 68.2 Å². The maximum absolute atomic E-state index is 13.4. The normalized spacial score (nSPS) is 14.4. The lowest BCUT2D eigenvalue weighted by molar-refractivity contribution is -0.130. The van der Waals surface area contributed by atoms with E-state index in [9.17, 15) is 22.8 Å². The molecule has 0 saturated carbocycles. The van der Waals surface area contributed by atoms with Crippen LogP contribution in [-0.2, 0) is 26.3 Å². The van der Waals surface area contributed by atoms with Crippen LogP contribution in [0.1, 0.15) is 31.4 Å². The Bertz CT molecular complexity index is 1730. The molecule has 0 radical (unpaired) electrons. The van der Waals surface area contributed by atoms with Crippen LogP contribution in [0.25, 0.3) is 6.08 Å². The molecule has 0 aliphatic carbocycles. The molecule has 0 aromatic heterocycles. The van der Waals surface area contributed by atoms with Crippen molar-refractivity contribution in [2.45, 2.75) is 31.7 Å². The highest BCUT2D eigenvalue weighted by molar-refractivity contribution is 14.1. The van der Waals surface area contributed by atoms with Crippen molar-refractivity contribution in [1.29, 1.82) is 0 Å². The number of carbonyl (C=O) groups excluding carboxylic acids is 3. The van der Waals surface area contributed by atoms with Gasteiger partial charge in [0, 0.05) is 5.02 Å². The van der Waals surface area contributed by atoms with E-state index in [2.05, 4.69) is 5.32 Å². The molecule has 1 heterocycles. The molecule has 232 valence electrons. The van der Waals surface area contributed by atoms with E-state index >= 15 is 0 Å². The average molecular weight is 755 g/mol. The SMILES string of the molecule is CCCOc1ccc(CN2C(=O)NC(=O)/C(=C\c3cc(I)c(OS(=O)(=O)c4ccc(Cl)cc4)c(OCC)c3)C2=O)cc1OC. The number of hydrogen-bond acceptors (Lipinski definition) is 9. The van der Waals surface area contributed by atoms with Gasteiger partial charge in [-0.2, -0.15) is 8.42 Å². The van der Waals surface area contributed by atoms with Crippen molar-refractivity contribution in [2.24, 2.45) is 0 Å². The van der Waals surface area contributed by atoms with Gasteiger partial charge in [-0.25, -0.2) is 4.79 Å². The quantitative estimate of drug-likeness (QED) is 0.109. The lowest BCUT2D eigenvalue weighted by Gasteiger charge is -2.26. The molecule has 11 nitrogen and oxygen atoms in total. The summed E-state index contributed by atoms with van der Waals surface area (Å²) < 4.78 is 48.4. The Morgan fingerprint density at radius 1 is 0.955 bits per heavy atom. The summed E-state index contributed by atoms with van der Waals surface area (Å²) in [6.45, 7) is 4.20. The predicted molar refractivity (Wildman–Crippen MR) is 170 cm³/mol. The van der Waals surface area contributed by atoms with Gasteiger partial charge in [0.05, 0.1) is 30.4 Å². The largest absolute Gasteiger partial charge is 0.493 e. The Kier molecular flexibility index (Phi) is 10.8. The zero-order valence-corrected chi connectivity index (χ0v) is 27.6. The predicted octanol–water partition coefficient (Wildman–Crippen LogP) is 5.57. The highest BCUT2D eigenvalue weighted by Crippen LogP contribution is 2.37. The van der Waals surface area contributed by atoms with Crippen LogP contribution in [0.2, 0.25) is 5.02 Å². The number of barbiturate groups is 1. The number of rotatable bonds is 12. The molecule has 0 atom stereocenters. The van der Waals surface area contributed by atoms with Gasteiger partial charge in [0.25, 0.3) is 11.8 Å². The first-order valence-corrected chi connectivity index (χ1v) is 16.2. The fourth-order valence-electron chi connectivity index (χ4n) is 4.10. The number of ether oxygens (including phenoxy) is 3. The number of imide groups is 2. The lowest BCUT2D eigenvalue weighted by Crippen LogP contribution is -2.53. The van der Waals surface area contributed by atoms with Crippen molar-refractivity contribution in [3.8, 4) is 23.0 Å². The van der Waals surface area contributed by atoms with Crippen LogP contribution < -0.4 is 23.7 Å².